The predicted molar refractivity (Wildman–Crippen MR) is 105 cm³/mol. The number of nitrogens with zero attached hydrogens (tertiary/aromatic N) is 7. The Morgan fingerprint density at radius 3 is 2.48 bits per heavy atom. The van der Waals surface area contributed by atoms with Crippen LogP contribution in [-0.2, 0) is 16.6 Å². The zero-order valence-corrected chi connectivity index (χ0v) is 17.8. The Labute approximate surface area is 169 Å². The lowest BCUT2D eigenvalue weighted by Crippen LogP contribution is -2.38. The molecule has 1 saturated heterocycles. The Morgan fingerprint density at radius 1 is 1.14 bits per heavy atom. The minimum Gasteiger partial charge on any atom is -0.480 e. The first-order valence-corrected chi connectivity index (χ1v) is 11.1. The van der Waals surface area contributed by atoms with Gasteiger partial charge in [-0.15, -0.1) is 15.3 Å². The van der Waals surface area contributed by atoms with Crippen molar-refractivity contribution in [2.75, 3.05) is 20.2 Å². The van der Waals surface area contributed by atoms with E-state index in [4.69, 9.17) is 4.74 Å². The van der Waals surface area contributed by atoms with Crippen LogP contribution in [-0.4, -0.2) is 62.5 Å². The minimum absolute atomic E-state index is 0.0802. The van der Waals surface area contributed by atoms with Crippen LogP contribution in [0.3, 0.4) is 0 Å². The van der Waals surface area contributed by atoms with Crippen LogP contribution in [0.2, 0.25) is 0 Å². The summed E-state index contributed by atoms with van der Waals surface area (Å²) in [7, 11) is -2.02. The van der Waals surface area contributed by atoms with Crippen LogP contribution in [0.25, 0.3) is 5.65 Å². The number of hydrogen-bond acceptors (Lipinski definition) is 7. The summed E-state index contributed by atoms with van der Waals surface area (Å²) < 4.78 is 36.7. The molecule has 0 aliphatic carbocycles. The average molecular weight is 420 g/mol. The molecule has 156 valence electrons. The lowest BCUT2D eigenvalue weighted by Gasteiger charge is -2.30. The van der Waals surface area contributed by atoms with Gasteiger partial charge in [0.1, 0.15) is 4.90 Å². The van der Waals surface area contributed by atoms with Crippen molar-refractivity contribution in [3.05, 3.63) is 29.3 Å². The molecule has 3 aromatic heterocycles. The Morgan fingerprint density at radius 2 is 1.86 bits per heavy atom. The summed E-state index contributed by atoms with van der Waals surface area (Å²) in [6.45, 7) is 6.99. The molecule has 0 atom stereocenters. The molecule has 10 nitrogen and oxygen atoms in total. The summed E-state index contributed by atoms with van der Waals surface area (Å²) in [5.74, 6) is 1.30. The molecule has 0 aromatic carbocycles. The van der Waals surface area contributed by atoms with Gasteiger partial charge in [-0.2, -0.15) is 13.9 Å². The van der Waals surface area contributed by atoms with Crippen molar-refractivity contribution in [3.8, 4) is 5.88 Å². The van der Waals surface area contributed by atoms with Gasteiger partial charge < -0.3 is 4.74 Å². The largest absolute Gasteiger partial charge is 0.480 e. The summed E-state index contributed by atoms with van der Waals surface area (Å²) in [5.41, 5.74) is 1.88. The fraction of sp³-hybridized carbons (Fsp3) is 0.556. The molecule has 0 unspecified atom stereocenters. The third-order valence-corrected chi connectivity index (χ3v) is 7.65. The van der Waals surface area contributed by atoms with E-state index in [1.807, 2.05) is 13.8 Å². The molecule has 0 bridgehead atoms. The van der Waals surface area contributed by atoms with Crippen molar-refractivity contribution in [2.45, 2.75) is 51.0 Å². The fourth-order valence-corrected chi connectivity index (χ4v) is 5.84. The van der Waals surface area contributed by atoms with E-state index in [1.165, 1.54) is 0 Å². The van der Waals surface area contributed by atoms with Gasteiger partial charge in [-0.3, -0.25) is 4.68 Å². The van der Waals surface area contributed by atoms with E-state index in [2.05, 4.69) is 20.4 Å². The van der Waals surface area contributed by atoms with E-state index in [-0.39, 0.29) is 5.92 Å². The Kier molecular flexibility index (Phi) is 5.03. The summed E-state index contributed by atoms with van der Waals surface area (Å²) in [6, 6.07) is 3.54. The van der Waals surface area contributed by atoms with Crippen molar-refractivity contribution in [2.24, 2.45) is 0 Å². The van der Waals surface area contributed by atoms with Crippen LogP contribution < -0.4 is 4.74 Å². The summed E-state index contributed by atoms with van der Waals surface area (Å²) in [6.07, 6.45) is 1.30. The van der Waals surface area contributed by atoms with Gasteiger partial charge in [-0.25, -0.2) is 8.42 Å². The molecule has 0 saturated carbocycles. The highest BCUT2D eigenvalue weighted by Gasteiger charge is 2.35. The van der Waals surface area contributed by atoms with Crippen LogP contribution in [0, 0.1) is 13.8 Å². The molecule has 1 aliphatic rings. The molecule has 1 fully saturated rings. The molecule has 29 heavy (non-hydrogen) atoms. The lowest BCUT2D eigenvalue weighted by atomic mass is 9.97. The number of fused-ring (bicyclic) bond motifs is 1. The van der Waals surface area contributed by atoms with Crippen LogP contribution >= 0.6 is 0 Å². The van der Waals surface area contributed by atoms with E-state index in [9.17, 15) is 8.42 Å². The Bertz CT molecular complexity index is 1140. The SMILES string of the molecule is CCn1nc(C)c(S(=O)(=O)N2CCC(c3nnc4ccc(OC)nn34)CC2)c1C. The third-order valence-electron chi connectivity index (χ3n) is 5.50. The average Bonchev–Trinajstić information content (AvgIpc) is 3.27. The Hall–Kier alpha value is -2.53. The number of sulfonamides is 1. The quantitative estimate of drug-likeness (QED) is 0.617. The number of ether oxygens (including phenoxy) is 1. The van der Waals surface area contributed by atoms with Gasteiger partial charge in [0.2, 0.25) is 15.9 Å². The maximum Gasteiger partial charge on any atom is 0.246 e. The normalized spacial score (nSPS) is 16.6. The van der Waals surface area contributed by atoms with Gasteiger partial charge in [-0.05, 0) is 39.7 Å². The van der Waals surface area contributed by atoms with Crippen LogP contribution in [0.15, 0.2) is 17.0 Å². The second-order valence-corrected chi connectivity index (χ2v) is 9.07. The second kappa shape index (κ2) is 7.38. The highest BCUT2D eigenvalue weighted by molar-refractivity contribution is 7.89. The topological polar surface area (TPSA) is 108 Å². The molecule has 0 amide bonds. The molecule has 3 aromatic rings. The number of hydrogen-bond donors (Lipinski definition) is 0. The van der Waals surface area contributed by atoms with Gasteiger partial charge in [0, 0.05) is 31.6 Å². The van der Waals surface area contributed by atoms with Gasteiger partial charge in [0.05, 0.1) is 18.5 Å². The predicted octanol–water partition coefficient (Wildman–Crippen LogP) is 1.53. The van der Waals surface area contributed by atoms with Crippen LogP contribution in [0.4, 0.5) is 0 Å². The smallest absolute Gasteiger partial charge is 0.246 e. The first-order valence-electron chi connectivity index (χ1n) is 9.67. The molecule has 0 spiro atoms. The minimum atomic E-state index is -3.59. The van der Waals surface area contributed by atoms with Crippen molar-refractivity contribution < 1.29 is 13.2 Å². The molecular weight excluding hydrogens is 394 g/mol. The highest BCUT2D eigenvalue weighted by atomic mass is 32.2. The van der Waals surface area contributed by atoms with E-state index >= 15 is 0 Å². The lowest BCUT2D eigenvalue weighted by molar-refractivity contribution is 0.310. The number of aromatic nitrogens is 6. The van der Waals surface area contributed by atoms with Crippen LogP contribution in [0.5, 0.6) is 5.88 Å². The van der Waals surface area contributed by atoms with Gasteiger partial charge in [-0.1, -0.05) is 0 Å². The number of aryl methyl sites for hydroxylation is 2. The fourth-order valence-electron chi connectivity index (χ4n) is 4.00. The van der Waals surface area contributed by atoms with Crippen molar-refractivity contribution >= 4 is 15.7 Å². The van der Waals surface area contributed by atoms with Crippen molar-refractivity contribution in [3.63, 3.8) is 0 Å². The molecular formula is C18H25N7O3S. The van der Waals surface area contributed by atoms with Gasteiger partial charge in [0.25, 0.3) is 0 Å². The van der Waals surface area contributed by atoms with Gasteiger partial charge in [0.15, 0.2) is 11.5 Å². The standard InChI is InChI=1S/C18H25N7O3S/c1-5-24-13(3)17(12(2)21-24)29(26,27)23-10-8-14(9-11-23)18-20-19-15-6-7-16(28-4)22-25(15)18/h6-7,14H,5,8-11H2,1-4H3. The second-order valence-electron chi connectivity index (χ2n) is 7.20. The first-order chi connectivity index (χ1) is 13.9. The molecule has 11 heteroatoms. The van der Waals surface area contributed by atoms with E-state index in [0.717, 1.165) is 5.82 Å². The van der Waals surface area contributed by atoms with Crippen molar-refractivity contribution in [1.82, 2.24) is 33.9 Å². The van der Waals surface area contributed by atoms with Crippen LogP contribution in [0.1, 0.15) is 42.9 Å². The molecule has 4 heterocycles. The third kappa shape index (κ3) is 3.27. The summed E-state index contributed by atoms with van der Waals surface area (Å²) in [5, 5.41) is 17.2. The van der Waals surface area contributed by atoms with E-state index in [0.29, 0.717) is 60.3 Å². The number of methoxy groups -OCH3 is 1. The first kappa shape index (κ1) is 19.8. The zero-order valence-electron chi connectivity index (χ0n) is 17.0. The van der Waals surface area contributed by atoms with E-state index < -0.39 is 10.0 Å². The maximum absolute atomic E-state index is 13.3. The monoisotopic (exact) mass is 419 g/mol. The summed E-state index contributed by atoms with van der Waals surface area (Å²) in [4.78, 5) is 0.331. The Balaban J connectivity index is 1.56. The summed E-state index contributed by atoms with van der Waals surface area (Å²) >= 11 is 0. The number of piperidine rings is 1. The zero-order chi connectivity index (χ0) is 20.8. The highest BCUT2D eigenvalue weighted by Crippen LogP contribution is 2.31. The van der Waals surface area contributed by atoms with E-state index in [1.54, 1.807) is 39.7 Å². The van der Waals surface area contributed by atoms with Crippen molar-refractivity contribution in [1.29, 1.82) is 0 Å². The van der Waals surface area contributed by atoms with Gasteiger partial charge >= 0.3 is 0 Å². The molecule has 4 rings (SSSR count). The maximum atomic E-state index is 13.3. The molecule has 0 N–H and O–H groups in total. The molecule has 0 radical (unpaired) electrons. The number of rotatable bonds is 5. The molecule has 1 aliphatic heterocycles.